The van der Waals surface area contributed by atoms with Crippen LogP contribution in [-0.4, -0.2) is 19.5 Å². The third-order valence-corrected chi connectivity index (χ3v) is 4.70. The topological polar surface area (TPSA) is 51.1 Å². The first-order valence-corrected chi connectivity index (χ1v) is 8.37. The Hall–Kier alpha value is -1.66. The SMILES string of the molecule is Cc1ccc(C)n1CCNS(=O)(=O)Cc1ccc(F)cc1. The lowest BCUT2D eigenvalue weighted by molar-refractivity contribution is 0.568. The molecule has 0 spiro atoms. The number of sulfonamides is 1. The van der Waals surface area contributed by atoms with E-state index < -0.39 is 10.0 Å². The Labute approximate surface area is 124 Å². The monoisotopic (exact) mass is 310 g/mol. The van der Waals surface area contributed by atoms with Gasteiger partial charge in [0.15, 0.2) is 0 Å². The molecule has 1 N–H and O–H groups in total. The molecule has 0 saturated carbocycles. The van der Waals surface area contributed by atoms with E-state index in [0.717, 1.165) is 11.4 Å². The largest absolute Gasteiger partial charge is 0.348 e. The third kappa shape index (κ3) is 4.41. The van der Waals surface area contributed by atoms with Crippen molar-refractivity contribution in [2.75, 3.05) is 6.54 Å². The first-order chi connectivity index (χ1) is 9.87. The van der Waals surface area contributed by atoms with Crippen molar-refractivity contribution >= 4 is 10.0 Å². The molecular formula is C15H19FN2O2S. The van der Waals surface area contributed by atoms with Gasteiger partial charge in [-0.05, 0) is 43.7 Å². The Morgan fingerprint density at radius 2 is 1.62 bits per heavy atom. The first-order valence-electron chi connectivity index (χ1n) is 6.72. The molecule has 0 aliphatic rings. The third-order valence-electron chi connectivity index (χ3n) is 3.34. The molecule has 0 radical (unpaired) electrons. The Bertz CT molecular complexity index is 686. The quantitative estimate of drug-likeness (QED) is 0.890. The number of nitrogens with one attached hydrogen (secondary N) is 1. The number of nitrogens with zero attached hydrogens (tertiary/aromatic N) is 1. The highest BCUT2D eigenvalue weighted by Gasteiger charge is 2.11. The Morgan fingerprint density at radius 1 is 1.05 bits per heavy atom. The van der Waals surface area contributed by atoms with Crippen LogP contribution in [0.15, 0.2) is 36.4 Å². The van der Waals surface area contributed by atoms with Crippen LogP contribution < -0.4 is 4.72 Å². The van der Waals surface area contributed by atoms with E-state index in [0.29, 0.717) is 18.7 Å². The molecule has 1 heterocycles. The summed E-state index contributed by atoms with van der Waals surface area (Å²) in [5, 5.41) is 0. The van der Waals surface area contributed by atoms with Crippen molar-refractivity contribution in [1.29, 1.82) is 0 Å². The highest BCUT2D eigenvalue weighted by Crippen LogP contribution is 2.08. The summed E-state index contributed by atoms with van der Waals surface area (Å²) in [6.07, 6.45) is 0. The van der Waals surface area contributed by atoms with E-state index in [9.17, 15) is 12.8 Å². The zero-order valence-electron chi connectivity index (χ0n) is 12.1. The van der Waals surface area contributed by atoms with Gasteiger partial charge >= 0.3 is 0 Å². The second kappa shape index (κ2) is 6.41. The van der Waals surface area contributed by atoms with Crippen LogP contribution >= 0.6 is 0 Å². The van der Waals surface area contributed by atoms with Gasteiger partial charge in [-0.1, -0.05) is 12.1 Å². The second-order valence-electron chi connectivity index (χ2n) is 5.05. The first kappa shape index (κ1) is 15.7. The molecule has 0 bridgehead atoms. The van der Waals surface area contributed by atoms with Gasteiger partial charge in [-0.3, -0.25) is 0 Å². The van der Waals surface area contributed by atoms with Gasteiger partial charge in [-0.25, -0.2) is 17.5 Å². The zero-order chi connectivity index (χ0) is 15.5. The molecule has 0 aliphatic carbocycles. The van der Waals surface area contributed by atoms with Crippen LogP contribution in [-0.2, 0) is 22.3 Å². The predicted octanol–water partition coefficient (Wildman–Crippen LogP) is 2.36. The van der Waals surface area contributed by atoms with Gasteiger partial charge in [0.05, 0.1) is 5.75 Å². The van der Waals surface area contributed by atoms with Gasteiger partial charge in [-0.15, -0.1) is 0 Å². The van der Waals surface area contributed by atoms with E-state index in [4.69, 9.17) is 0 Å². The summed E-state index contributed by atoms with van der Waals surface area (Å²) in [5.41, 5.74) is 2.77. The van der Waals surface area contributed by atoms with Crippen molar-refractivity contribution in [2.45, 2.75) is 26.1 Å². The van der Waals surface area contributed by atoms with Gasteiger partial charge in [0, 0.05) is 24.5 Å². The Balaban J connectivity index is 1.91. The van der Waals surface area contributed by atoms with Crippen molar-refractivity contribution in [3.63, 3.8) is 0 Å². The normalized spacial score (nSPS) is 11.8. The molecule has 0 unspecified atom stereocenters. The maximum atomic E-state index is 12.8. The Kier molecular flexibility index (Phi) is 4.80. The number of aryl methyl sites for hydroxylation is 2. The van der Waals surface area contributed by atoms with E-state index in [-0.39, 0.29) is 11.6 Å². The van der Waals surface area contributed by atoms with Crippen molar-refractivity contribution in [3.05, 3.63) is 59.2 Å². The number of rotatable bonds is 6. The van der Waals surface area contributed by atoms with Gasteiger partial charge < -0.3 is 4.57 Å². The molecule has 0 saturated heterocycles. The number of aromatic nitrogens is 1. The second-order valence-corrected chi connectivity index (χ2v) is 6.85. The average Bonchev–Trinajstić information content (AvgIpc) is 2.73. The summed E-state index contributed by atoms with van der Waals surface area (Å²) in [6, 6.07) is 9.49. The highest BCUT2D eigenvalue weighted by atomic mass is 32.2. The maximum Gasteiger partial charge on any atom is 0.215 e. The molecule has 6 heteroatoms. The molecule has 1 aromatic heterocycles. The number of hydrogen-bond donors (Lipinski definition) is 1. The molecule has 0 amide bonds. The molecule has 0 atom stereocenters. The van der Waals surface area contributed by atoms with Crippen molar-refractivity contribution in [2.24, 2.45) is 0 Å². The van der Waals surface area contributed by atoms with Crippen molar-refractivity contribution in [1.82, 2.24) is 9.29 Å². The maximum absolute atomic E-state index is 12.8. The van der Waals surface area contributed by atoms with Crippen molar-refractivity contribution < 1.29 is 12.8 Å². The molecule has 4 nitrogen and oxygen atoms in total. The molecule has 1 aromatic carbocycles. The van der Waals surface area contributed by atoms with Crippen LogP contribution in [0, 0.1) is 19.7 Å². The molecule has 2 rings (SSSR count). The van der Waals surface area contributed by atoms with Crippen LogP contribution in [0.25, 0.3) is 0 Å². The standard InChI is InChI=1S/C15H19FN2O2S/c1-12-3-4-13(2)18(12)10-9-17-21(19,20)11-14-5-7-15(16)8-6-14/h3-8,17H,9-11H2,1-2H3. The summed E-state index contributed by atoms with van der Waals surface area (Å²) in [6.45, 7) is 4.90. The summed E-state index contributed by atoms with van der Waals surface area (Å²) < 4.78 is 41.4. The lowest BCUT2D eigenvalue weighted by Crippen LogP contribution is -2.29. The van der Waals surface area contributed by atoms with Crippen molar-refractivity contribution in [3.8, 4) is 0 Å². The van der Waals surface area contributed by atoms with Crippen LogP contribution in [0.3, 0.4) is 0 Å². The minimum Gasteiger partial charge on any atom is -0.348 e. The van der Waals surface area contributed by atoms with E-state index in [1.807, 2.05) is 26.0 Å². The lowest BCUT2D eigenvalue weighted by Gasteiger charge is -2.11. The molecular weight excluding hydrogens is 291 g/mol. The van der Waals surface area contributed by atoms with Gasteiger partial charge in [0.2, 0.25) is 10.0 Å². The number of halogens is 1. The molecule has 2 aromatic rings. The van der Waals surface area contributed by atoms with E-state index >= 15 is 0 Å². The summed E-state index contributed by atoms with van der Waals surface area (Å²) >= 11 is 0. The minimum absolute atomic E-state index is 0.142. The minimum atomic E-state index is -3.41. The van der Waals surface area contributed by atoms with Crippen LogP contribution in [0.1, 0.15) is 17.0 Å². The number of hydrogen-bond acceptors (Lipinski definition) is 2. The van der Waals surface area contributed by atoms with E-state index in [2.05, 4.69) is 9.29 Å². The predicted molar refractivity (Wildman–Crippen MR) is 80.9 cm³/mol. The molecule has 114 valence electrons. The van der Waals surface area contributed by atoms with Gasteiger partial charge in [0.1, 0.15) is 5.82 Å². The summed E-state index contributed by atoms with van der Waals surface area (Å²) in [5.74, 6) is -0.514. The zero-order valence-corrected chi connectivity index (χ0v) is 13.0. The number of benzene rings is 1. The smallest absolute Gasteiger partial charge is 0.215 e. The van der Waals surface area contributed by atoms with E-state index in [1.54, 1.807) is 0 Å². The highest BCUT2D eigenvalue weighted by molar-refractivity contribution is 7.88. The fourth-order valence-electron chi connectivity index (χ4n) is 2.22. The van der Waals surface area contributed by atoms with Crippen LogP contribution in [0.5, 0.6) is 0 Å². The fraction of sp³-hybridized carbons (Fsp3) is 0.333. The lowest BCUT2D eigenvalue weighted by atomic mass is 10.2. The van der Waals surface area contributed by atoms with Gasteiger partial charge in [-0.2, -0.15) is 0 Å². The summed E-state index contributed by atoms with van der Waals surface area (Å²) in [4.78, 5) is 0. The van der Waals surface area contributed by atoms with E-state index in [1.165, 1.54) is 24.3 Å². The molecule has 21 heavy (non-hydrogen) atoms. The average molecular weight is 310 g/mol. The summed E-state index contributed by atoms with van der Waals surface area (Å²) in [7, 11) is -3.41. The molecule has 0 aliphatic heterocycles. The Morgan fingerprint density at radius 3 is 2.19 bits per heavy atom. The van der Waals surface area contributed by atoms with Gasteiger partial charge in [0.25, 0.3) is 0 Å². The molecule has 0 fully saturated rings. The van der Waals surface area contributed by atoms with Crippen LogP contribution in [0.2, 0.25) is 0 Å². The fourth-order valence-corrected chi connectivity index (χ4v) is 3.35. The van der Waals surface area contributed by atoms with Crippen LogP contribution in [0.4, 0.5) is 4.39 Å².